The van der Waals surface area contributed by atoms with Gasteiger partial charge in [0.05, 0.1) is 0 Å². The third kappa shape index (κ3) is 3.21. The highest BCUT2D eigenvalue weighted by Gasteiger charge is 2.57. The van der Waals surface area contributed by atoms with E-state index in [4.69, 9.17) is 5.11 Å². The third-order valence-electron chi connectivity index (χ3n) is 3.51. The number of aliphatic carboxylic acids is 1. The van der Waals surface area contributed by atoms with Crippen molar-refractivity contribution in [2.45, 2.75) is 26.7 Å². The van der Waals surface area contributed by atoms with Crippen molar-refractivity contribution < 1.29 is 19.5 Å². The SMILES string of the molecule is CC(C)C(=O)Nc1cccc(NC(=O)C2(C(=O)O)CC2)c1. The van der Waals surface area contributed by atoms with Crippen LogP contribution in [0.5, 0.6) is 0 Å². The molecule has 1 fully saturated rings. The maximum atomic E-state index is 12.0. The lowest BCUT2D eigenvalue weighted by molar-refractivity contribution is -0.147. The largest absolute Gasteiger partial charge is 0.480 e. The first kappa shape index (κ1) is 15.0. The van der Waals surface area contributed by atoms with Crippen molar-refractivity contribution in [2.75, 3.05) is 10.6 Å². The number of nitrogens with one attached hydrogen (secondary N) is 2. The lowest BCUT2D eigenvalue weighted by atomic mass is 10.1. The van der Waals surface area contributed by atoms with Crippen LogP contribution in [0.4, 0.5) is 11.4 Å². The van der Waals surface area contributed by atoms with Crippen LogP contribution >= 0.6 is 0 Å². The Balaban J connectivity index is 2.06. The maximum Gasteiger partial charge on any atom is 0.319 e. The fraction of sp³-hybridized carbons (Fsp3) is 0.400. The van der Waals surface area contributed by atoms with Gasteiger partial charge in [-0.1, -0.05) is 19.9 Å². The van der Waals surface area contributed by atoms with Crippen molar-refractivity contribution in [3.05, 3.63) is 24.3 Å². The summed E-state index contributed by atoms with van der Waals surface area (Å²) in [4.78, 5) is 34.7. The van der Waals surface area contributed by atoms with Crippen molar-refractivity contribution >= 4 is 29.2 Å². The van der Waals surface area contributed by atoms with Crippen molar-refractivity contribution in [3.8, 4) is 0 Å². The van der Waals surface area contributed by atoms with E-state index < -0.39 is 17.3 Å². The average molecular weight is 290 g/mol. The summed E-state index contributed by atoms with van der Waals surface area (Å²) in [6.45, 7) is 3.56. The van der Waals surface area contributed by atoms with Gasteiger partial charge in [0, 0.05) is 17.3 Å². The molecular weight excluding hydrogens is 272 g/mol. The maximum absolute atomic E-state index is 12.0. The molecule has 2 amide bonds. The predicted molar refractivity (Wildman–Crippen MR) is 77.8 cm³/mol. The number of hydrogen-bond donors (Lipinski definition) is 3. The van der Waals surface area contributed by atoms with Crippen LogP contribution in [0.3, 0.4) is 0 Å². The lowest BCUT2D eigenvalue weighted by Crippen LogP contribution is -2.31. The monoisotopic (exact) mass is 290 g/mol. The normalized spacial score (nSPS) is 15.4. The number of anilines is 2. The first-order valence-electron chi connectivity index (χ1n) is 6.81. The Bertz CT molecular complexity index is 591. The summed E-state index contributed by atoms with van der Waals surface area (Å²) in [5.41, 5.74) is -0.252. The first-order chi connectivity index (χ1) is 9.85. The summed E-state index contributed by atoms with van der Waals surface area (Å²) >= 11 is 0. The van der Waals surface area contributed by atoms with Crippen LogP contribution < -0.4 is 10.6 Å². The molecule has 6 nitrogen and oxygen atoms in total. The van der Waals surface area contributed by atoms with Gasteiger partial charge in [0.2, 0.25) is 11.8 Å². The van der Waals surface area contributed by atoms with Gasteiger partial charge in [-0.3, -0.25) is 14.4 Å². The second kappa shape index (κ2) is 5.55. The number of hydrogen-bond acceptors (Lipinski definition) is 3. The Labute approximate surface area is 122 Å². The van der Waals surface area contributed by atoms with Gasteiger partial charge in [-0.15, -0.1) is 0 Å². The number of carboxylic acid groups (broad SMARTS) is 1. The molecule has 21 heavy (non-hydrogen) atoms. The van der Waals surface area contributed by atoms with E-state index in [1.54, 1.807) is 38.1 Å². The van der Waals surface area contributed by atoms with Crippen molar-refractivity contribution in [1.82, 2.24) is 0 Å². The van der Waals surface area contributed by atoms with Crippen LogP contribution in [0, 0.1) is 11.3 Å². The molecule has 1 aromatic carbocycles. The number of benzene rings is 1. The predicted octanol–water partition coefficient (Wildman–Crippen LogP) is 2.08. The number of carbonyl (C=O) groups is 3. The summed E-state index contributed by atoms with van der Waals surface area (Å²) in [7, 11) is 0. The quantitative estimate of drug-likeness (QED) is 0.723. The van der Waals surface area contributed by atoms with E-state index in [0.717, 1.165) is 0 Å². The lowest BCUT2D eigenvalue weighted by Gasteiger charge is -2.12. The first-order valence-corrected chi connectivity index (χ1v) is 6.81. The standard InChI is InChI=1S/C15H18N2O4/c1-9(2)12(18)16-10-4-3-5-11(8-10)17-13(19)15(6-7-15)14(20)21/h3-5,8-9H,6-7H2,1-2H3,(H,16,18)(H,17,19)(H,20,21). The van der Waals surface area contributed by atoms with E-state index in [2.05, 4.69) is 10.6 Å². The zero-order valence-corrected chi connectivity index (χ0v) is 12.0. The summed E-state index contributed by atoms with van der Waals surface area (Å²) in [6, 6.07) is 6.66. The minimum Gasteiger partial charge on any atom is -0.480 e. The molecular formula is C15H18N2O4. The molecule has 1 saturated carbocycles. The smallest absolute Gasteiger partial charge is 0.319 e. The van der Waals surface area contributed by atoms with Gasteiger partial charge in [0.15, 0.2) is 0 Å². The van der Waals surface area contributed by atoms with Crippen LogP contribution in [0.15, 0.2) is 24.3 Å². The van der Waals surface area contributed by atoms with E-state index in [0.29, 0.717) is 24.2 Å². The van der Waals surface area contributed by atoms with Gasteiger partial charge < -0.3 is 15.7 Å². The van der Waals surface area contributed by atoms with Gasteiger partial charge >= 0.3 is 5.97 Å². The van der Waals surface area contributed by atoms with Crippen molar-refractivity contribution in [2.24, 2.45) is 11.3 Å². The third-order valence-corrected chi connectivity index (χ3v) is 3.51. The van der Waals surface area contributed by atoms with E-state index >= 15 is 0 Å². The Morgan fingerprint density at radius 2 is 1.71 bits per heavy atom. The summed E-state index contributed by atoms with van der Waals surface area (Å²) < 4.78 is 0. The molecule has 0 atom stereocenters. The fourth-order valence-corrected chi connectivity index (χ4v) is 1.88. The van der Waals surface area contributed by atoms with Crippen molar-refractivity contribution in [1.29, 1.82) is 0 Å². The number of carbonyl (C=O) groups excluding carboxylic acids is 2. The van der Waals surface area contributed by atoms with Crippen molar-refractivity contribution in [3.63, 3.8) is 0 Å². The van der Waals surface area contributed by atoms with Crippen LogP contribution in [-0.4, -0.2) is 22.9 Å². The second-order valence-corrected chi connectivity index (χ2v) is 5.57. The highest BCUT2D eigenvalue weighted by molar-refractivity contribution is 6.11. The minimum absolute atomic E-state index is 0.123. The molecule has 0 bridgehead atoms. The highest BCUT2D eigenvalue weighted by Crippen LogP contribution is 2.46. The van der Waals surface area contributed by atoms with Gasteiger partial charge in [-0.25, -0.2) is 0 Å². The van der Waals surface area contributed by atoms with Gasteiger partial charge in [0.25, 0.3) is 0 Å². The molecule has 6 heteroatoms. The second-order valence-electron chi connectivity index (χ2n) is 5.57. The zero-order chi connectivity index (χ0) is 15.6. The molecule has 1 aliphatic rings. The Morgan fingerprint density at radius 1 is 1.14 bits per heavy atom. The Morgan fingerprint density at radius 3 is 2.19 bits per heavy atom. The van der Waals surface area contributed by atoms with E-state index in [1.165, 1.54) is 0 Å². The molecule has 112 valence electrons. The summed E-state index contributed by atoms with van der Waals surface area (Å²) in [5.74, 6) is -1.88. The topological polar surface area (TPSA) is 95.5 Å². The molecule has 0 aromatic heterocycles. The van der Waals surface area contributed by atoms with E-state index in [9.17, 15) is 14.4 Å². The number of rotatable bonds is 5. The zero-order valence-electron chi connectivity index (χ0n) is 12.0. The highest BCUT2D eigenvalue weighted by atomic mass is 16.4. The van der Waals surface area contributed by atoms with Crippen LogP contribution in [0.2, 0.25) is 0 Å². The Hall–Kier alpha value is -2.37. The molecule has 2 rings (SSSR count). The number of amides is 2. The van der Waals surface area contributed by atoms with Crippen LogP contribution in [0.1, 0.15) is 26.7 Å². The molecule has 0 aliphatic heterocycles. The van der Waals surface area contributed by atoms with E-state index in [1.807, 2.05) is 0 Å². The molecule has 0 saturated heterocycles. The molecule has 1 aromatic rings. The summed E-state index contributed by atoms with van der Waals surface area (Å²) in [6.07, 6.45) is 0.718. The molecule has 0 heterocycles. The molecule has 0 unspecified atom stereocenters. The number of carboxylic acids is 1. The molecule has 0 radical (unpaired) electrons. The molecule has 3 N–H and O–H groups in total. The average Bonchev–Trinajstić information content (AvgIpc) is 3.20. The van der Waals surface area contributed by atoms with Crippen LogP contribution in [0.25, 0.3) is 0 Å². The van der Waals surface area contributed by atoms with Gasteiger partial charge in [-0.05, 0) is 31.0 Å². The van der Waals surface area contributed by atoms with E-state index in [-0.39, 0.29) is 11.8 Å². The summed E-state index contributed by atoms with van der Waals surface area (Å²) in [5, 5.41) is 14.4. The van der Waals surface area contributed by atoms with Gasteiger partial charge in [-0.2, -0.15) is 0 Å². The molecule has 1 aliphatic carbocycles. The fourth-order valence-electron chi connectivity index (χ4n) is 1.88. The Kier molecular flexibility index (Phi) is 3.97. The van der Waals surface area contributed by atoms with Crippen LogP contribution in [-0.2, 0) is 14.4 Å². The molecule has 0 spiro atoms. The minimum atomic E-state index is -1.28. The van der Waals surface area contributed by atoms with Gasteiger partial charge in [0.1, 0.15) is 5.41 Å².